The summed E-state index contributed by atoms with van der Waals surface area (Å²) in [7, 11) is 0. The molecule has 4 N–H and O–H groups in total. The molecule has 1 amide bonds. The van der Waals surface area contributed by atoms with E-state index in [9.17, 15) is 4.79 Å². The van der Waals surface area contributed by atoms with Crippen LogP contribution in [0.15, 0.2) is 24.3 Å². The number of nitrogens with one attached hydrogen (secondary N) is 1. The molecule has 0 saturated heterocycles. The first-order chi connectivity index (χ1) is 6.18. The van der Waals surface area contributed by atoms with Crippen molar-refractivity contribution in [2.75, 3.05) is 12.3 Å². The van der Waals surface area contributed by atoms with Crippen molar-refractivity contribution in [2.24, 2.45) is 0 Å². The molecule has 70 valence electrons. The Morgan fingerprint density at radius 3 is 2.54 bits per heavy atom. The van der Waals surface area contributed by atoms with Crippen LogP contribution in [0.3, 0.4) is 0 Å². The highest BCUT2D eigenvalue weighted by atomic mass is 16.4. The second kappa shape index (κ2) is 4.35. The third-order valence-electron chi connectivity index (χ3n) is 1.67. The Morgan fingerprint density at radius 2 is 2.00 bits per heavy atom. The van der Waals surface area contributed by atoms with Gasteiger partial charge in [0.1, 0.15) is 0 Å². The SMILES string of the molecule is Nc1ccc(CCNC(=O)O)cc1. The monoisotopic (exact) mass is 180 g/mol. The van der Waals surface area contributed by atoms with Gasteiger partial charge in [-0.1, -0.05) is 12.1 Å². The number of hydrogen-bond acceptors (Lipinski definition) is 2. The van der Waals surface area contributed by atoms with Crippen LogP contribution < -0.4 is 11.1 Å². The van der Waals surface area contributed by atoms with E-state index in [0.717, 1.165) is 11.3 Å². The Labute approximate surface area is 76.4 Å². The zero-order valence-corrected chi connectivity index (χ0v) is 7.16. The third kappa shape index (κ3) is 3.46. The van der Waals surface area contributed by atoms with Gasteiger partial charge in [-0.05, 0) is 24.1 Å². The van der Waals surface area contributed by atoms with Gasteiger partial charge in [0.05, 0.1) is 0 Å². The average Bonchev–Trinajstić information content (AvgIpc) is 2.08. The van der Waals surface area contributed by atoms with Crippen molar-refractivity contribution in [2.45, 2.75) is 6.42 Å². The lowest BCUT2D eigenvalue weighted by Gasteiger charge is -2.01. The zero-order valence-electron chi connectivity index (χ0n) is 7.16. The summed E-state index contributed by atoms with van der Waals surface area (Å²) < 4.78 is 0. The van der Waals surface area contributed by atoms with Crippen LogP contribution in [-0.2, 0) is 6.42 Å². The number of carbonyl (C=O) groups is 1. The van der Waals surface area contributed by atoms with Gasteiger partial charge in [-0.3, -0.25) is 0 Å². The molecule has 0 saturated carbocycles. The molecular weight excluding hydrogens is 168 g/mol. The van der Waals surface area contributed by atoms with Gasteiger partial charge in [0.25, 0.3) is 0 Å². The fraction of sp³-hybridized carbons (Fsp3) is 0.222. The van der Waals surface area contributed by atoms with Crippen molar-refractivity contribution in [3.8, 4) is 0 Å². The predicted octanol–water partition coefficient (Wildman–Crippen LogP) is 1.08. The number of amides is 1. The fourth-order valence-corrected chi connectivity index (χ4v) is 0.998. The first-order valence-electron chi connectivity index (χ1n) is 3.99. The van der Waals surface area contributed by atoms with Gasteiger partial charge in [0, 0.05) is 12.2 Å². The fourth-order valence-electron chi connectivity index (χ4n) is 0.998. The van der Waals surface area contributed by atoms with Gasteiger partial charge in [0.15, 0.2) is 0 Å². The lowest BCUT2D eigenvalue weighted by atomic mass is 10.1. The van der Waals surface area contributed by atoms with Crippen molar-refractivity contribution in [3.05, 3.63) is 29.8 Å². The highest BCUT2D eigenvalue weighted by Crippen LogP contribution is 2.05. The maximum absolute atomic E-state index is 10.1. The predicted molar refractivity (Wildman–Crippen MR) is 50.6 cm³/mol. The normalized spacial score (nSPS) is 9.54. The van der Waals surface area contributed by atoms with E-state index in [-0.39, 0.29) is 0 Å². The molecule has 0 aliphatic heterocycles. The topological polar surface area (TPSA) is 75.3 Å². The molecule has 0 bridgehead atoms. The minimum Gasteiger partial charge on any atom is -0.465 e. The van der Waals surface area contributed by atoms with E-state index in [4.69, 9.17) is 10.8 Å². The molecule has 0 fully saturated rings. The maximum Gasteiger partial charge on any atom is 0.404 e. The van der Waals surface area contributed by atoms with Gasteiger partial charge >= 0.3 is 6.09 Å². The van der Waals surface area contributed by atoms with Crippen LogP contribution >= 0.6 is 0 Å². The number of nitrogen functional groups attached to an aromatic ring is 1. The van der Waals surface area contributed by atoms with Gasteiger partial charge in [-0.2, -0.15) is 0 Å². The summed E-state index contributed by atoms with van der Waals surface area (Å²) in [5.41, 5.74) is 7.28. The minimum absolute atomic E-state index is 0.430. The smallest absolute Gasteiger partial charge is 0.404 e. The van der Waals surface area contributed by atoms with E-state index in [2.05, 4.69) is 5.32 Å². The highest BCUT2D eigenvalue weighted by Gasteiger charge is 1.95. The Morgan fingerprint density at radius 1 is 1.38 bits per heavy atom. The van der Waals surface area contributed by atoms with Gasteiger partial charge in [-0.25, -0.2) is 4.79 Å². The van der Waals surface area contributed by atoms with Gasteiger partial charge in [-0.15, -0.1) is 0 Å². The van der Waals surface area contributed by atoms with E-state index in [1.54, 1.807) is 12.1 Å². The van der Waals surface area contributed by atoms with E-state index in [1.807, 2.05) is 12.1 Å². The molecule has 0 atom stereocenters. The van der Waals surface area contributed by atoms with E-state index in [1.165, 1.54) is 0 Å². The largest absolute Gasteiger partial charge is 0.465 e. The standard InChI is InChI=1S/C9H12N2O2/c10-8-3-1-7(2-4-8)5-6-11-9(12)13/h1-4,11H,5-6,10H2,(H,12,13). The molecular formula is C9H12N2O2. The molecule has 1 rings (SSSR count). The van der Waals surface area contributed by atoms with Crippen LogP contribution in [0.4, 0.5) is 10.5 Å². The van der Waals surface area contributed by atoms with Crippen LogP contribution in [-0.4, -0.2) is 17.7 Å². The van der Waals surface area contributed by atoms with Crippen LogP contribution in [0.2, 0.25) is 0 Å². The number of hydrogen-bond donors (Lipinski definition) is 3. The summed E-state index contributed by atoms with van der Waals surface area (Å²) >= 11 is 0. The van der Waals surface area contributed by atoms with Crippen LogP contribution in [0.5, 0.6) is 0 Å². The maximum atomic E-state index is 10.1. The Hall–Kier alpha value is -1.71. The van der Waals surface area contributed by atoms with Gasteiger partial charge in [0.2, 0.25) is 0 Å². The van der Waals surface area contributed by atoms with Crippen molar-refractivity contribution >= 4 is 11.8 Å². The lowest BCUT2D eigenvalue weighted by molar-refractivity contribution is 0.194. The van der Waals surface area contributed by atoms with Crippen molar-refractivity contribution in [1.82, 2.24) is 5.32 Å². The molecule has 1 aromatic rings. The van der Waals surface area contributed by atoms with E-state index < -0.39 is 6.09 Å². The Kier molecular flexibility index (Phi) is 3.14. The molecule has 0 aromatic heterocycles. The molecule has 13 heavy (non-hydrogen) atoms. The molecule has 0 heterocycles. The summed E-state index contributed by atoms with van der Waals surface area (Å²) in [4.78, 5) is 10.1. The number of carboxylic acid groups (broad SMARTS) is 1. The van der Waals surface area contributed by atoms with Crippen LogP contribution in [0.1, 0.15) is 5.56 Å². The van der Waals surface area contributed by atoms with Gasteiger partial charge < -0.3 is 16.2 Å². The Balaban J connectivity index is 2.37. The first-order valence-corrected chi connectivity index (χ1v) is 3.99. The number of nitrogens with two attached hydrogens (primary N) is 1. The summed E-state index contributed by atoms with van der Waals surface area (Å²) in [5.74, 6) is 0. The number of benzene rings is 1. The first kappa shape index (κ1) is 9.38. The molecule has 4 heteroatoms. The molecule has 4 nitrogen and oxygen atoms in total. The van der Waals surface area contributed by atoms with Crippen molar-refractivity contribution < 1.29 is 9.90 Å². The lowest BCUT2D eigenvalue weighted by Crippen LogP contribution is -2.23. The highest BCUT2D eigenvalue weighted by molar-refractivity contribution is 5.64. The van der Waals surface area contributed by atoms with E-state index in [0.29, 0.717) is 13.0 Å². The Bertz CT molecular complexity index is 282. The minimum atomic E-state index is -0.990. The van der Waals surface area contributed by atoms with E-state index >= 15 is 0 Å². The molecule has 1 aromatic carbocycles. The zero-order chi connectivity index (χ0) is 9.68. The third-order valence-corrected chi connectivity index (χ3v) is 1.67. The van der Waals surface area contributed by atoms with Crippen molar-refractivity contribution in [1.29, 1.82) is 0 Å². The number of rotatable bonds is 3. The molecule has 0 unspecified atom stereocenters. The van der Waals surface area contributed by atoms with Crippen LogP contribution in [0.25, 0.3) is 0 Å². The average molecular weight is 180 g/mol. The second-order valence-corrected chi connectivity index (χ2v) is 2.72. The summed E-state index contributed by atoms with van der Waals surface area (Å²) in [6, 6.07) is 7.38. The quantitative estimate of drug-likeness (QED) is 0.609. The summed E-state index contributed by atoms with van der Waals surface area (Å²) in [6.07, 6.45) is -0.303. The summed E-state index contributed by atoms with van der Waals surface area (Å²) in [6.45, 7) is 0.430. The molecule has 0 spiro atoms. The molecule has 0 aliphatic rings. The molecule has 0 radical (unpaired) electrons. The second-order valence-electron chi connectivity index (χ2n) is 2.72. The number of anilines is 1. The van der Waals surface area contributed by atoms with Crippen molar-refractivity contribution in [3.63, 3.8) is 0 Å². The van der Waals surface area contributed by atoms with Crippen LogP contribution in [0, 0.1) is 0 Å². The molecule has 0 aliphatic carbocycles. The summed E-state index contributed by atoms with van der Waals surface area (Å²) in [5, 5.41) is 10.6.